The number of halogens is 1. The lowest BCUT2D eigenvalue weighted by Crippen LogP contribution is -2.59. The minimum atomic E-state index is -1.16. The molecule has 2 amide bonds. The van der Waals surface area contributed by atoms with Crippen LogP contribution in [0.15, 0.2) is 22.9 Å². The van der Waals surface area contributed by atoms with Crippen LogP contribution in [-0.4, -0.2) is 51.9 Å². The van der Waals surface area contributed by atoms with Crippen molar-refractivity contribution in [2.24, 2.45) is 0 Å². The molecule has 1 aliphatic heterocycles. The number of carbonyl (C=O) groups is 3. The van der Waals surface area contributed by atoms with Crippen LogP contribution in [0.4, 0.5) is 0 Å². The van der Waals surface area contributed by atoms with Crippen molar-refractivity contribution in [1.29, 1.82) is 0 Å². The Hall–Kier alpha value is -1.96. The van der Waals surface area contributed by atoms with E-state index in [1.165, 1.54) is 18.5 Å². The molecular weight excluding hydrogens is 318 g/mol. The molecule has 1 aromatic rings. The van der Waals surface area contributed by atoms with E-state index >= 15 is 0 Å². The van der Waals surface area contributed by atoms with E-state index in [0.717, 1.165) is 4.90 Å². The predicted molar refractivity (Wildman–Crippen MR) is 67.4 cm³/mol. The lowest BCUT2D eigenvalue weighted by Gasteiger charge is -2.32. The van der Waals surface area contributed by atoms with Gasteiger partial charge in [0.2, 0.25) is 5.91 Å². The van der Waals surface area contributed by atoms with Crippen LogP contribution in [-0.2, 0) is 9.59 Å². The molecule has 2 heterocycles. The first-order chi connectivity index (χ1) is 8.99. The van der Waals surface area contributed by atoms with Crippen molar-refractivity contribution in [3.63, 3.8) is 0 Å². The second kappa shape index (κ2) is 5.35. The average Bonchev–Trinajstić information content (AvgIpc) is 2.37. The van der Waals surface area contributed by atoms with Crippen LogP contribution in [0.3, 0.4) is 0 Å². The van der Waals surface area contributed by atoms with Crippen LogP contribution in [0.5, 0.6) is 0 Å². The number of carboxylic acids is 1. The number of hydrogen-bond donors (Lipinski definition) is 2. The zero-order valence-electron chi connectivity index (χ0n) is 9.67. The van der Waals surface area contributed by atoms with Gasteiger partial charge in [-0.05, 0) is 22.0 Å². The van der Waals surface area contributed by atoms with Gasteiger partial charge in [-0.3, -0.25) is 14.6 Å². The van der Waals surface area contributed by atoms with Gasteiger partial charge in [-0.25, -0.2) is 4.79 Å². The van der Waals surface area contributed by atoms with E-state index < -0.39 is 17.9 Å². The molecule has 1 aromatic heterocycles. The first-order valence-electron chi connectivity index (χ1n) is 5.40. The number of aliphatic carboxylic acids is 1. The molecule has 2 N–H and O–H groups in total. The summed E-state index contributed by atoms with van der Waals surface area (Å²) in [5, 5.41) is 11.5. The van der Waals surface area contributed by atoms with Crippen molar-refractivity contribution < 1.29 is 19.5 Å². The highest BCUT2D eigenvalue weighted by atomic mass is 79.9. The number of hydrogen-bond acceptors (Lipinski definition) is 4. The fourth-order valence-corrected chi connectivity index (χ4v) is 2.13. The van der Waals surface area contributed by atoms with Crippen molar-refractivity contribution in [1.82, 2.24) is 15.2 Å². The highest BCUT2D eigenvalue weighted by Crippen LogP contribution is 2.14. The summed E-state index contributed by atoms with van der Waals surface area (Å²) in [6.45, 7) is -0.371. The van der Waals surface area contributed by atoms with E-state index in [-0.39, 0.29) is 24.6 Å². The minimum Gasteiger partial charge on any atom is -0.480 e. The van der Waals surface area contributed by atoms with Gasteiger partial charge in [-0.1, -0.05) is 0 Å². The second-order valence-electron chi connectivity index (χ2n) is 3.98. The monoisotopic (exact) mass is 327 g/mol. The maximum absolute atomic E-state index is 12.2. The van der Waals surface area contributed by atoms with Gasteiger partial charge in [0.05, 0.1) is 5.56 Å². The molecule has 0 saturated carbocycles. The molecule has 7 nitrogen and oxygen atoms in total. The Labute approximate surface area is 116 Å². The van der Waals surface area contributed by atoms with E-state index in [1.807, 2.05) is 0 Å². The van der Waals surface area contributed by atoms with Crippen LogP contribution in [0, 0.1) is 0 Å². The predicted octanol–water partition coefficient (Wildman–Crippen LogP) is -0.131. The van der Waals surface area contributed by atoms with Crippen LogP contribution in [0.2, 0.25) is 0 Å². The van der Waals surface area contributed by atoms with Crippen LogP contribution in [0.1, 0.15) is 10.4 Å². The number of aromatic nitrogens is 1. The summed E-state index contributed by atoms with van der Waals surface area (Å²) in [5.74, 6) is -2.07. The van der Waals surface area contributed by atoms with Gasteiger partial charge in [-0.2, -0.15) is 0 Å². The molecule has 1 fully saturated rings. The van der Waals surface area contributed by atoms with Gasteiger partial charge in [0.15, 0.2) is 0 Å². The van der Waals surface area contributed by atoms with E-state index in [4.69, 9.17) is 5.11 Å². The summed E-state index contributed by atoms with van der Waals surface area (Å²) in [4.78, 5) is 39.5. The van der Waals surface area contributed by atoms with Gasteiger partial charge in [0.1, 0.15) is 12.6 Å². The fourth-order valence-electron chi connectivity index (χ4n) is 1.77. The molecule has 1 atom stereocenters. The molecular formula is C11H10BrN3O4. The zero-order valence-corrected chi connectivity index (χ0v) is 11.3. The Kier molecular flexibility index (Phi) is 3.79. The molecule has 100 valence electrons. The number of amides is 2. The fraction of sp³-hybridized carbons (Fsp3) is 0.273. The Balaban J connectivity index is 2.28. The van der Waals surface area contributed by atoms with Crippen molar-refractivity contribution in [2.75, 3.05) is 13.1 Å². The Morgan fingerprint density at radius 1 is 1.47 bits per heavy atom. The third kappa shape index (κ3) is 2.90. The SMILES string of the molecule is O=C1CN(C(=O)c2cncc(Br)c2)C(C(=O)O)CN1. The molecule has 1 unspecified atom stereocenters. The molecule has 0 bridgehead atoms. The van der Waals surface area contributed by atoms with Crippen molar-refractivity contribution in [3.05, 3.63) is 28.5 Å². The lowest BCUT2D eigenvalue weighted by atomic mass is 10.1. The standard InChI is InChI=1S/C11H10BrN3O4/c12-7-1-6(2-13-3-7)10(17)15-5-9(16)14-4-8(15)11(18)19/h1-3,8H,4-5H2,(H,14,16)(H,18,19). The first kappa shape index (κ1) is 13.5. The molecule has 8 heteroatoms. The van der Waals surface area contributed by atoms with Crippen LogP contribution in [0.25, 0.3) is 0 Å². The second-order valence-corrected chi connectivity index (χ2v) is 4.90. The number of nitrogens with one attached hydrogen (secondary N) is 1. The molecule has 0 aromatic carbocycles. The summed E-state index contributed by atoms with van der Waals surface area (Å²) >= 11 is 3.18. The number of rotatable bonds is 2. The Morgan fingerprint density at radius 2 is 2.21 bits per heavy atom. The minimum absolute atomic E-state index is 0.0959. The van der Waals surface area contributed by atoms with E-state index in [0.29, 0.717) is 4.47 Å². The average molecular weight is 328 g/mol. The first-order valence-corrected chi connectivity index (χ1v) is 6.19. The highest BCUT2D eigenvalue weighted by molar-refractivity contribution is 9.10. The highest BCUT2D eigenvalue weighted by Gasteiger charge is 2.35. The zero-order chi connectivity index (χ0) is 14.0. The maximum Gasteiger partial charge on any atom is 0.328 e. The summed E-state index contributed by atoms with van der Waals surface area (Å²) < 4.78 is 0.603. The normalized spacial score (nSPS) is 18.9. The molecule has 0 aliphatic carbocycles. The number of carbonyl (C=O) groups excluding carboxylic acids is 2. The third-order valence-electron chi connectivity index (χ3n) is 2.68. The van der Waals surface area contributed by atoms with Gasteiger partial charge in [-0.15, -0.1) is 0 Å². The Bertz CT molecular complexity index is 548. The van der Waals surface area contributed by atoms with Crippen molar-refractivity contribution in [2.45, 2.75) is 6.04 Å². The van der Waals surface area contributed by atoms with E-state index in [1.54, 1.807) is 0 Å². The summed E-state index contributed by atoms with van der Waals surface area (Å²) in [7, 11) is 0. The summed E-state index contributed by atoms with van der Waals surface area (Å²) in [5.41, 5.74) is 0.232. The number of piperazine rings is 1. The van der Waals surface area contributed by atoms with Crippen LogP contribution < -0.4 is 5.32 Å². The van der Waals surface area contributed by atoms with E-state index in [9.17, 15) is 14.4 Å². The number of nitrogens with zero attached hydrogens (tertiary/aromatic N) is 2. The quantitative estimate of drug-likeness (QED) is 0.788. The van der Waals surface area contributed by atoms with Gasteiger partial charge >= 0.3 is 5.97 Å². The van der Waals surface area contributed by atoms with Gasteiger partial charge in [0.25, 0.3) is 5.91 Å². The Morgan fingerprint density at radius 3 is 2.84 bits per heavy atom. The van der Waals surface area contributed by atoms with Crippen molar-refractivity contribution in [3.8, 4) is 0 Å². The lowest BCUT2D eigenvalue weighted by molar-refractivity contribution is -0.144. The molecule has 19 heavy (non-hydrogen) atoms. The topological polar surface area (TPSA) is 99.6 Å². The number of pyridine rings is 1. The largest absolute Gasteiger partial charge is 0.480 e. The molecule has 1 saturated heterocycles. The molecule has 0 radical (unpaired) electrons. The third-order valence-corrected chi connectivity index (χ3v) is 3.11. The molecule has 1 aliphatic rings. The van der Waals surface area contributed by atoms with Gasteiger partial charge in [0, 0.05) is 23.4 Å². The molecule has 0 spiro atoms. The van der Waals surface area contributed by atoms with Gasteiger partial charge < -0.3 is 15.3 Å². The summed E-state index contributed by atoms with van der Waals surface area (Å²) in [6, 6.07) is 0.463. The van der Waals surface area contributed by atoms with E-state index in [2.05, 4.69) is 26.2 Å². The molecule has 2 rings (SSSR count). The summed E-state index contributed by atoms with van der Waals surface area (Å²) in [6.07, 6.45) is 2.84. The van der Waals surface area contributed by atoms with Crippen LogP contribution >= 0.6 is 15.9 Å². The smallest absolute Gasteiger partial charge is 0.328 e. The maximum atomic E-state index is 12.2. The van der Waals surface area contributed by atoms with Crippen molar-refractivity contribution >= 4 is 33.7 Å². The number of carboxylic acid groups (broad SMARTS) is 1.